The number of hydrogen-bond donors (Lipinski definition) is 1. The van der Waals surface area contributed by atoms with Gasteiger partial charge in [-0.15, -0.1) is 0 Å². The normalized spacial score (nSPS) is 11.1. The molecule has 2 aliphatic rings. The van der Waals surface area contributed by atoms with Crippen LogP contribution in [0.4, 0.5) is 0 Å². The highest BCUT2D eigenvalue weighted by Gasteiger charge is 2.20. The van der Waals surface area contributed by atoms with E-state index in [1.165, 1.54) is 5.56 Å². The number of rotatable bonds is 5. The number of hydrogen-bond acceptors (Lipinski definition) is 3. The average Bonchev–Trinajstić information content (AvgIpc) is 3.12. The first-order valence-electron chi connectivity index (χ1n) is 10.3. The van der Waals surface area contributed by atoms with Crippen LogP contribution in [0.5, 0.6) is 0 Å². The van der Waals surface area contributed by atoms with E-state index in [0.29, 0.717) is 24.4 Å². The molecule has 31 heavy (non-hydrogen) atoms. The summed E-state index contributed by atoms with van der Waals surface area (Å²) in [4.78, 5) is 25.9. The molecule has 1 aromatic heterocycles. The predicted octanol–water partition coefficient (Wildman–Crippen LogP) is 4.55. The fourth-order valence-corrected chi connectivity index (χ4v) is 3.77. The maximum Gasteiger partial charge on any atom is 0.278 e. The van der Waals surface area contributed by atoms with E-state index in [0.717, 1.165) is 28.2 Å². The first kappa shape index (κ1) is 19.0. The highest BCUT2D eigenvalue weighted by Crippen LogP contribution is 2.22. The highest BCUT2D eigenvalue weighted by molar-refractivity contribution is 5.55. The van der Waals surface area contributed by atoms with E-state index in [1.54, 1.807) is 17.0 Å². The molecular weight excluding hydrogens is 384 g/mol. The molecule has 3 heterocycles. The second-order valence-electron chi connectivity index (χ2n) is 7.74. The molecular formula is C26H22N4O. The molecule has 0 saturated heterocycles. The Kier molecular flexibility index (Phi) is 4.92. The topological polar surface area (TPSA) is 63.6 Å². The Balaban J connectivity index is 1.63. The van der Waals surface area contributed by atoms with Crippen LogP contribution in [0.2, 0.25) is 0 Å². The second kappa shape index (κ2) is 8.03. The molecule has 0 atom stereocenters. The minimum atomic E-state index is -0.0870. The van der Waals surface area contributed by atoms with Crippen molar-refractivity contribution in [3.05, 3.63) is 124 Å². The lowest BCUT2D eigenvalue weighted by Crippen LogP contribution is -2.18. The van der Waals surface area contributed by atoms with Gasteiger partial charge in [-0.3, -0.25) is 14.3 Å². The van der Waals surface area contributed by atoms with Crippen LogP contribution in [-0.4, -0.2) is 19.5 Å². The monoisotopic (exact) mass is 406 g/mol. The van der Waals surface area contributed by atoms with E-state index in [2.05, 4.69) is 53.3 Å². The third-order valence-electron chi connectivity index (χ3n) is 5.41. The molecule has 2 aromatic carbocycles. The smallest absolute Gasteiger partial charge is 0.278 e. The summed E-state index contributed by atoms with van der Waals surface area (Å²) in [6.07, 6.45) is 4.70. The molecule has 5 rings (SSSR count). The van der Waals surface area contributed by atoms with Crippen molar-refractivity contribution in [1.82, 2.24) is 19.5 Å². The van der Waals surface area contributed by atoms with E-state index in [9.17, 15) is 4.79 Å². The van der Waals surface area contributed by atoms with Crippen LogP contribution >= 0.6 is 0 Å². The quantitative estimate of drug-likeness (QED) is 0.466. The summed E-state index contributed by atoms with van der Waals surface area (Å²) in [5.74, 6) is 0.663. The minimum Gasteiger partial charge on any atom is -0.353 e. The molecule has 0 saturated carbocycles. The number of nitrogens with zero attached hydrogens (tertiary/aromatic N) is 3. The van der Waals surface area contributed by atoms with Gasteiger partial charge >= 0.3 is 0 Å². The second-order valence-corrected chi connectivity index (χ2v) is 7.74. The molecule has 0 bridgehead atoms. The molecule has 0 aliphatic carbocycles. The molecule has 1 N–H and O–H groups in total. The SMILES string of the molecule is Cc1ccc(Cc2nc3c(Cc4ccccc4)[nH]c(-c4ccccn4)cn-3c2=O)cc1. The minimum absolute atomic E-state index is 0.0870. The van der Waals surface area contributed by atoms with E-state index >= 15 is 0 Å². The van der Waals surface area contributed by atoms with Crippen LogP contribution in [-0.2, 0) is 12.8 Å². The van der Waals surface area contributed by atoms with Crippen LogP contribution in [0.15, 0.2) is 90.0 Å². The number of imidazole rings is 1. The molecule has 0 fully saturated rings. The molecule has 2 aliphatic heterocycles. The van der Waals surface area contributed by atoms with Gasteiger partial charge in [0.25, 0.3) is 5.56 Å². The number of fused-ring (bicyclic) bond motifs is 1. The maximum atomic E-state index is 13.3. The van der Waals surface area contributed by atoms with Gasteiger partial charge in [0.2, 0.25) is 0 Å². The lowest BCUT2D eigenvalue weighted by atomic mass is 10.1. The van der Waals surface area contributed by atoms with Gasteiger partial charge in [0.15, 0.2) is 5.82 Å². The van der Waals surface area contributed by atoms with E-state index < -0.39 is 0 Å². The van der Waals surface area contributed by atoms with Crippen LogP contribution in [0.25, 0.3) is 17.2 Å². The Morgan fingerprint density at radius 1 is 0.871 bits per heavy atom. The van der Waals surface area contributed by atoms with Crippen molar-refractivity contribution in [3.8, 4) is 17.2 Å². The summed E-state index contributed by atoms with van der Waals surface area (Å²) in [5, 5.41) is 0. The molecule has 3 aromatic rings. The lowest BCUT2D eigenvalue weighted by molar-refractivity contribution is 0.911. The maximum absolute atomic E-state index is 13.3. The summed E-state index contributed by atoms with van der Waals surface area (Å²) in [7, 11) is 0. The van der Waals surface area contributed by atoms with Crippen LogP contribution in [0, 0.1) is 6.92 Å². The summed E-state index contributed by atoms with van der Waals surface area (Å²) in [6.45, 7) is 2.05. The number of aryl methyl sites for hydroxylation is 1. The van der Waals surface area contributed by atoms with Gasteiger partial charge in [-0.05, 0) is 30.2 Å². The van der Waals surface area contributed by atoms with Crippen molar-refractivity contribution in [2.24, 2.45) is 0 Å². The third-order valence-corrected chi connectivity index (χ3v) is 5.41. The standard InChI is InChI=1S/C26H22N4O/c1-18-10-12-20(13-11-18)16-23-26(31)30-17-24(21-9-5-6-14-27-21)28-22(25(30)29-23)15-19-7-3-2-4-8-19/h2-14,17,28H,15-16H2,1H3. The number of pyridine rings is 1. The zero-order valence-corrected chi connectivity index (χ0v) is 17.2. The van der Waals surface area contributed by atoms with Crippen LogP contribution < -0.4 is 5.56 Å². The van der Waals surface area contributed by atoms with E-state index in [-0.39, 0.29) is 5.56 Å². The van der Waals surface area contributed by atoms with Crippen LogP contribution in [0.1, 0.15) is 28.1 Å². The molecule has 0 unspecified atom stereocenters. The van der Waals surface area contributed by atoms with Crippen molar-refractivity contribution in [2.45, 2.75) is 19.8 Å². The Morgan fingerprint density at radius 2 is 1.61 bits per heavy atom. The predicted molar refractivity (Wildman–Crippen MR) is 122 cm³/mol. The van der Waals surface area contributed by atoms with Gasteiger partial charge in [-0.1, -0.05) is 66.2 Å². The van der Waals surface area contributed by atoms with Gasteiger partial charge in [-0.2, -0.15) is 0 Å². The lowest BCUT2D eigenvalue weighted by Gasteiger charge is -2.12. The van der Waals surface area contributed by atoms with Crippen molar-refractivity contribution in [3.63, 3.8) is 0 Å². The first-order valence-corrected chi connectivity index (χ1v) is 10.3. The molecule has 0 radical (unpaired) electrons. The molecule has 5 nitrogen and oxygen atoms in total. The molecule has 0 amide bonds. The van der Waals surface area contributed by atoms with Gasteiger partial charge < -0.3 is 4.98 Å². The largest absolute Gasteiger partial charge is 0.353 e. The van der Waals surface area contributed by atoms with Crippen molar-refractivity contribution in [2.75, 3.05) is 0 Å². The number of aromatic nitrogens is 4. The van der Waals surface area contributed by atoms with Gasteiger partial charge in [0.05, 0.1) is 17.1 Å². The van der Waals surface area contributed by atoms with Crippen molar-refractivity contribution < 1.29 is 0 Å². The van der Waals surface area contributed by atoms with Gasteiger partial charge in [0.1, 0.15) is 5.69 Å². The number of benzene rings is 2. The zero-order chi connectivity index (χ0) is 21.2. The Morgan fingerprint density at radius 3 is 2.35 bits per heavy atom. The van der Waals surface area contributed by atoms with E-state index in [1.807, 2.05) is 36.4 Å². The number of H-pyrrole nitrogens is 1. The Hall–Kier alpha value is -3.99. The Bertz CT molecular complexity index is 1340. The molecule has 5 heteroatoms. The van der Waals surface area contributed by atoms with Gasteiger partial charge in [0, 0.05) is 25.2 Å². The Labute approximate surface area is 180 Å². The summed E-state index contributed by atoms with van der Waals surface area (Å²) in [6, 6.07) is 24.1. The highest BCUT2D eigenvalue weighted by atomic mass is 16.1. The molecule has 152 valence electrons. The van der Waals surface area contributed by atoms with Gasteiger partial charge in [-0.25, -0.2) is 4.98 Å². The first-order chi connectivity index (χ1) is 15.2. The summed E-state index contributed by atoms with van der Waals surface area (Å²) >= 11 is 0. The average molecular weight is 406 g/mol. The van der Waals surface area contributed by atoms with Crippen molar-refractivity contribution in [1.29, 1.82) is 0 Å². The number of aromatic amines is 1. The number of nitrogens with one attached hydrogen (secondary N) is 1. The third kappa shape index (κ3) is 3.90. The molecule has 0 spiro atoms. The fraction of sp³-hybridized carbons (Fsp3) is 0.115. The zero-order valence-electron chi connectivity index (χ0n) is 17.2. The van der Waals surface area contributed by atoms with Crippen LogP contribution in [0.3, 0.4) is 0 Å². The summed E-state index contributed by atoms with van der Waals surface area (Å²) in [5.41, 5.74) is 6.34. The summed E-state index contributed by atoms with van der Waals surface area (Å²) < 4.78 is 1.66. The fourth-order valence-electron chi connectivity index (χ4n) is 3.77. The van der Waals surface area contributed by atoms with Crippen molar-refractivity contribution >= 4 is 0 Å². The van der Waals surface area contributed by atoms with E-state index in [4.69, 9.17) is 4.98 Å².